The molecule has 0 saturated heterocycles. The van der Waals surface area contributed by atoms with Crippen LogP contribution < -0.4 is 0 Å². The largest absolute Gasteiger partial charge is 0.135 e. The van der Waals surface area contributed by atoms with Crippen LogP contribution in [0.5, 0.6) is 0 Å². The first-order chi connectivity index (χ1) is 9.66. The lowest BCUT2D eigenvalue weighted by Crippen LogP contribution is -2.10. The van der Waals surface area contributed by atoms with Crippen molar-refractivity contribution in [3.63, 3.8) is 0 Å². The molecule has 0 saturated carbocycles. The summed E-state index contributed by atoms with van der Waals surface area (Å²) in [6.45, 7) is 11.4. The second-order valence-electron chi connectivity index (χ2n) is 7.25. The van der Waals surface area contributed by atoms with Gasteiger partial charge in [0.25, 0.3) is 0 Å². The highest BCUT2D eigenvalue weighted by atomic mass is 127. The summed E-state index contributed by atoms with van der Waals surface area (Å²) < 4.78 is 2.98. The molecule has 0 aliphatic rings. The van der Waals surface area contributed by atoms with Crippen molar-refractivity contribution >= 4 is 54.1 Å². The SMILES string of the molecule is CC(C)(C)c1ccc2c(c1)sc1cc(C(C)(C)I)ccc12. The molecule has 0 amide bonds. The van der Waals surface area contributed by atoms with Crippen molar-refractivity contribution < 1.29 is 0 Å². The fourth-order valence-electron chi connectivity index (χ4n) is 2.61. The maximum absolute atomic E-state index is 2.51. The Morgan fingerprint density at radius 1 is 0.762 bits per heavy atom. The van der Waals surface area contributed by atoms with Crippen LogP contribution in [0.1, 0.15) is 45.7 Å². The highest BCUT2D eigenvalue weighted by molar-refractivity contribution is 14.1. The number of halogens is 1. The van der Waals surface area contributed by atoms with Crippen LogP contribution >= 0.6 is 33.9 Å². The van der Waals surface area contributed by atoms with E-state index in [2.05, 4.69) is 93.6 Å². The Morgan fingerprint density at radius 3 is 1.71 bits per heavy atom. The molecule has 0 bridgehead atoms. The molecule has 2 aromatic carbocycles. The van der Waals surface area contributed by atoms with E-state index in [0.717, 1.165) is 0 Å². The van der Waals surface area contributed by atoms with Gasteiger partial charge in [-0.2, -0.15) is 0 Å². The molecular weight excluding hydrogens is 387 g/mol. The average molecular weight is 408 g/mol. The van der Waals surface area contributed by atoms with Gasteiger partial charge in [0.1, 0.15) is 0 Å². The van der Waals surface area contributed by atoms with Crippen molar-refractivity contribution in [2.45, 2.75) is 43.5 Å². The third kappa shape index (κ3) is 2.85. The van der Waals surface area contributed by atoms with Crippen LogP contribution in [0.2, 0.25) is 0 Å². The summed E-state index contributed by atoms with van der Waals surface area (Å²) in [7, 11) is 0. The van der Waals surface area contributed by atoms with E-state index in [1.807, 2.05) is 11.3 Å². The number of benzene rings is 2. The van der Waals surface area contributed by atoms with Crippen LogP contribution in [0, 0.1) is 0 Å². The van der Waals surface area contributed by atoms with Crippen LogP contribution in [0.3, 0.4) is 0 Å². The molecule has 110 valence electrons. The Morgan fingerprint density at radius 2 is 1.24 bits per heavy atom. The van der Waals surface area contributed by atoms with E-state index in [1.54, 1.807) is 0 Å². The Labute approximate surface area is 144 Å². The van der Waals surface area contributed by atoms with E-state index in [-0.39, 0.29) is 8.84 Å². The molecule has 2 heteroatoms. The Balaban J connectivity index is 2.24. The number of hydrogen-bond acceptors (Lipinski definition) is 1. The minimum Gasteiger partial charge on any atom is -0.135 e. The number of alkyl halides is 1. The second kappa shape index (κ2) is 4.95. The van der Waals surface area contributed by atoms with E-state index < -0.39 is 0 Å². The summed E-state index contributed by atoms with van der Waals surface area (Å²) >= 11 is 4.43. The molecule has 0 atom stereocenters. The van der Waals surface area contributed by atoms with Crippen molar-refractivity contribution in [2.24, 2.45) is 0 Å². The van der Waals surface area contributed by atoms with Crippen molar-refractivity contribution in [3.05, 3.63) is 47.5 Å². The van der Waals surface area contributed by atoms with Crippen LogP contribution in [-0.2, 0) is 8.84 Å². The maximum atomic E-state index is 2.51. The first kappa shape index (κ1) is 15.3. The van der Waals surface area contributed by atoms with Gasteiger partial charge in [0.05, 0.1) is 0 Å². The first-order valence-electron chi connectivity index (χ1n) is 7.32. The van der Waals surface area contributed by atoms with E-state index in [0.29, 0.717) is 0 Å². The van der Waals surface area contributed by atoms with E-state index in [9.17, 15) is 0 Å². The van der Waals surface area contributed by atoms with Crippen LogP contribution in [0.4, 0.5) is 0 Å². The molecule has 0 nitrogen and oxygen atoms in total. The van der Waals surface area contributed by atoms with E-state index >= 15 is 0 Å². The van der Waals surface area contributed by atoms with Crippen LogP contribution in [-0.4, -0.2) is 0 Å². The summed E-state index contributed by atoms with van der Waals surface area (Å²) in [6.07, 6.45) is 0. The van der Waals surface area contributed by atoms with Gasteiger partial charge in [-0.15, -0.1) is 11.3 Å². The molecule has 0 fully saturated rings. The Kier molecular flexibility index (Phi) is 3.61. The Hall–Kier alpha value is -0.610. The first-order valence-corrected chi connectivity index (χ1v) is 9.22. The summed E-state index contributed by atoms with van der Waals surface area (Å²) in [5.74, 6) is 0. The number of thiophene rings is 1. The monoisotopic (exact) mass is 408 g/mol. The molecule has 1 aromatic heterocycles. The standard InChI is InChI=1S/C19H21IS/c1-18(2,3)12-6-8-14-15-9-7-13(19(4,5)20)11-17(15)21-16(14)10-12/h6-11H,1-5H3. The molecule has 0 spiro atoms. The molecule has 1 heterocycles. The zero-order valence-electron chi connectivity index (χ0n) is 13.3. The molecule has 0 aliphatic carbocycles. The lowest BCUT2D eigenvalue weighted by molar-refractivity contribution is 0.591. The summed E-state index contributed by atoms with van der Waals surface area (Å²) in [5.41, 5.74) is 3.02. The molecule has 0 unspecified atom stereocenters. The predicted molar refractivity (Wildman–Crippen MR) is 105 cm³/mol. The molecule has 0 aliphatic heterocycles. The number of hydrogen-bond donors (Lipinski definition) is 0. The van der Waals surface area contributed by atoms with Gasteiger partial charge in [-0.05, 0) is 42.5 Å². The van der Waals surface area contributed by atoms with Crippen LogP contribution in [0.15, 0.2) is 36.4 Å². The molecule has 0 N–H and O–H groups in total. The topological polar surface area (TPSA) is 0 Å². The van der Waals surface area contributed by atoms with Gasteiger partial charge < -0.3 is 0 Å². The normalized spacial score (nSPS) is 13.2. The number of fused-ring (bicyclic) bond motifs is 3. The third-order valence-electron chi connectivity index (χ3n) is 4.03. The highest BCUT2D eigenvalue weighted by Gasteiger charge is 2.18. The van der Waals surface area contributed by atoms with Gasteiger partial charge in [-0.3, -0.25) is 0 Å². The van der Waals surface area contributed by atoms with Gasteiger partial charge in [-0.1, -0.05) is 67.6 Å². The minimum atomic E-state index is 0.179. The molecule has 3 rings (SSSR count). The van der Waals surface area contributed by atoms with Crippen molar-refractivity contribution in [1.82, 2.24) is 0 Å². The third-order valence-corrected chi connectivity index (χ3v) is 5.76. The Bertz CT molecular complexity index is 745. The van der Waals surface area contributed by atoms with Gasteiger partial charge >= 0.3 is 0 Å². The summed E-state index contributed by atoms with van der Waals surface area (Å²) in [6, 6.07) is 13.9. The lowest BCUT2D eigenvalue weighted by atomic mass is 9.87. The molecule has 21 heavy (non-hydrogen) atoms. The van der Waals surface area contributed by atoms with Gasteiger partial charge in [0.15, 0.2) is 0 Å². The fraction of sp³-hybridized carbons (Fsp3) is 0.368. The predicted octanol–water partition coefficient (Wildman–Crippen LogP) is 7.02. The van der Waals surface area contributed by atoms with Crippen LogP contribution in [0.25, 0.3) is 20.2 Å². The quantitative estimate of drug-likeness (QED) is 0.300. The minimum absolute atomic E-state index is 0.179. The van der Waals surface area contributed by atoms with Crippen molar-refractivity contribution in [3.8, 4) is 0 Å². The highest BCUT2D eigenvalue weighted by Crippen LogP contribution is 2.39. The van der Waals surface area contributed by atoms with Crippen molar-refractivity contribution in [1.29, 1.82) is 0 Å². The zero-order valence-corrected chi connectivity index (χ0v) is 16.2. The van der Waals surface area contributed by atoms with Crippen molar-refractivity contribution in [2.75, 3.05) is 0 Å². The summed E-state index contributed by atoms with van der Waals surface area (Å²) in [5, 5.41) is 2.78. The van der Waals surface area contributed by atoms with Gasteiger partial charge in [-0.25, -0.2) is 0 Å². The summed E-state index contributed by atoms with van der Waals surface area (Å²) in [4.78, 5) is 0. The fourth-order valence-corrected chi connectivity index (χ4v) is 4.13. The van der Waals surface area contributed by atoms with E-state index in [4.69, 9.17) is 0 Å². The molecule has 3 aromatic rings. The second-order valence-corrected chi connectivity index (χ2v) is 11.0. The molecular formula is C19H21IS. The smallest absolute Gasteiger partial charge is 0.0414 e. The molecule has 0 radical (unpaired) electrons. The average Bonchev–Trinajstić information content (AvgIpc) is 2.73. The lowest BCUT2D eigenvalue weighted by Gasteiger charge is -2.18. The van der Waals surface area contributed by atoms with E-state index in [1.165, 1.54) is 31.3 Å². The van der Waals surface area contributed by atoms with Gasteiger partial charge in [0.2, 0.25) is 0 Å². The maximum Gasteiger partial charge on any atom is 0.0414 e. The number of rotatable bonds is 1. The van der Waals surface area contributed by atoms with Gasteiger partial charge in [0, 0.05) is 23.6 Å². The zero-order chi connectivity index (χ0) is 15.4.